The molecule has 1 atom stereocenters. The summed E-state index contributed by atoms with van der Waals surface area (Å²) in [5.41, 5.74) is 8.47. The van der Waals surface area contributed by atoms with Crippen LogP contribution in [-0.4, -0.2) is 37.1 Å². The third kappa shape index (κ3) is 3.55. The van der Waals surface area contributed by atoms with Gasteiger partial charge in [0, 0.05) is 25.7 Å². The summed E-state index contributed by atoms with van der Waals surface area (Å²) in [7, 11) is 0. The average molecular weight is 295 g/mol. The maximum Gasteiger partial charge on any atom is 0.0602 e. The number of nitrogens with two attached hydrogens (primary N) is 1. The van der Waals surface area contributed by atoms with Crippen LogP contribution in [0.15, 0.2) is 60.7 Å². The standard InChI is InChI=1S/C19H25N3/c20-12-11-18-15-22(14-13-21-18)19(16-7-3-1-4-8-16)17-9-5-2-6-10-17/h1-10,18-19,21H,11-15,20H2. The molecule has 3 nitrogen and oxygen atoms in total. The Hall–Kier alpha value is -1.68. The first-order chi connectivity index (χ1) is 10.9. The monoisotopic (exact) mass is 295 g/mol. The Balaban J connectivity index is 1.89. The van der Waals surface area contributed by atoms with E-state index in [1.807, 2.05) is 0 Å². The summed E-state index contributed by atoms with van der Waals surface area (Å²) in [6.07, 6.45) is 1.03. The molecule has 1 heterocycles. The predicted octanol–water partition coefficient (Wildman–Crippen LogP) is 2.40. The summed E-state index contributed by atoms with van der Waals surface area (Å²) < 4.78 is 0. The van der Waals surface area contributed by atoms with Crippen molar-refractivity contribution in [1.82, 2.24) is 10.2 Å². The molecule has 3 N–H and O–H groups in total. The summed E-state index contributed by atoms with van der Waals surface area (Å²) >= 11 is 0. The van der Waals surface area contributed by atoms with Crippen LogP contribution >= 0.6 is 0 Å². The van der Waals surface area contributed by atoms with Crippen LogP contribution in [0.25, 0.3) is 0 Å². The van der Waals surface area contributed by atoms with Crippen LogP contribution in [0.2, 0.25) is 0 Å². The lowest BCUT2D eigenvalue weighted by atomic mass is 9.95. The van der Waals surface area contributed by atoms with E-state index >= 15 is 0 Å². The van der Waals surface area contributed by atoms with Gasteiger partial charge in [-0.3, -0.25) is 4.90 Å². The summed E-state index contributed by atoms with van der Waals surface area (Å²) in [4.78, 5) is 2.58. The molecule has 22 heavy (non-hydrogen) atoms. The fourth-order valence-electron chi connectivity index (χ4n) is 3.36. The SMILES string of the molecule is NCCC1CN(C(c2ccccc2)c2ccccc2)CCN1. The second kappa shape index (κ2) is 7.54. The lowest BCUT2D eigenvalue weighted by Crippen LogP contribution is -2.52. The first-order valence-electron chi connectivity index (χ1n) is 8.16. The van der Waals surface area contributed by atoms with E-state index in [-0.39, 0.29) is 0 Å². The Labute approximate surface area is 133 Å². The Kier molecular flexibility index (Phi) is 5.22. The van der Waals surface area contributed by atoms with Crippen LogP contribution in [0.3, 0.4) is 0 Å². The van der Waals surface area contributed by atoms with Crippen molar-refractivity contribution in [2.45, 2.75) is 18.5 Å². The van der Waals surface area contributed by atoms with Crippen molar-refractivity contribution >= 4 is 0 Å². The number of hydrogen-bond donors (Lipinski definition) is 2. The molecule has 0 spiro atoms. The molecule has 1 aliphatic heterocycles. The molecule has 0 aliphatic carbocycles. The highest BCUT2D eigenvalue weighted by molar-refractivity contribution is 5.32. The highest BCUT2D eigenvalue weighted by Crippen LogP contribution is 2.29. The molecule has 3 heteroatoms. The fourth-order valence-corrected chi connectivity index (χ4v) is 3.36. The molecule has 0 saturated carbocycles. The topological polar surface area (TPSA) is 41.3 Å². The largest absolute Gasteiger partial charge is 0.330 e. The number of nitrogens with one attached hydrogen (secondary N) is 1. The third-order valence-corrected chi connectivity index (χ3v) is 4.40. The highest BCUT2D eigenvalue weighted by Gasteiger charge is 2.27. The van der Waals surface area contributed by atoms with E-state index in [1.54, 1.807) is 0 Å². The van der Waals surface area contributed by atoms with Gasteiger partial charge in [0.2, 0.25) is 0 Å². The van der Waals surface area contributed by atoms with Crippen molar-refractivity contribution in [1.29, 1.82) is 0 Å². The fraction of sp³-hybridized carbons (Fsp3) is 0.368. The molecular weight excluding hydrogens is 270 g/mol. The van der Waals surface area contributed by atoms with Gasteiger partial charge < -0.3 is 11.1 Å². The smallest absolute Gasteiger partial charge is 0.0602 e. The molecule has 1 unspecified atom stereocenters. The zero-order valence-electron chi connectivity index (χ0n) is 13.0. The van der Waals surface area contributed by atoms with E-state index in [1.165, 1.54) is 11.1 Å². The molecule has 0 bridgehead atoms. The van der Waals surface area contributed by atoms with E-state index < -0.39 is 0 Å². The predicted molar refractivity (Wildman–Crippen MR) is 91.8 cm³/mol. The van der Waals surface area contributed by atoms with Crippen molar-refractivity contribution in [3.63, 3.8) is 0 Å². The van der Waals surface area contributed by atoms with Crippen LogP contribution in [0, 0.1) is 0 Å². The van der Waals surface area contributed by atoms with Crippen LogP contribution in [-0.2, 0) is 0 Å². The first kappa shape index (κ1) is 15.2. The molecule has 3 rings (SSSR count). The van der Waals surface area contributed by atoms with Crippen molar-refractivity contribution in [2.75, 3.05) is 26.2 Å². The molecule has 0 amide bonds. The van der Waals surface area contributed by atoms with Crippen molar-refractivity contribution in [2.24, 2.45) is 5.73 Å². The summed E-state index contributed by atoms with van der Waals surface area (Å²) in [5, 5.41) is 3.59. The van der Waals surface area contributed by atoms with Crippen LogP contribution in [0.5, 0.6) is 0 Å². The Morgan fingerprint density at radius 3 is 2.14 bits per heavy atom. The second-order valence-corrected chi connectivity index (χ2v) is 5.95. The van der Waals surface area contributed by atoms with E-state index in [4.69, 9.17) is 5.73 Å². The second-order valence-electron chi connectivity index (χ2n) is 5.95. The highest BCUT2D eigenvalue weighted by atomic mass is 15.2. The minimum absolute atomic E-state index is 0.324. The maximum absolute atomic E-state index is 5.74. The van der Waals surface area contributed by atoms with Gasteiger partial charge in [-0.05, 0) is 24.1 Å². The van der Waals surface area contributed by atoms with Gasteiger partial charge in [-0.1, -0.05) is 60.7 Å². The summed E-state index contributed by atoms with van der Waals surface area (Å²) in [5.74, 6) is 0. The van der Waals surface area contributed by atoms with E-state index in [0.717, 1.165) is 32.6 Å². The Morgan fingerprint density at radius 2 is 1.59 bits per heavy atom. The zero-order valence-corrected chi connectivity index (χ0v) is 13.0. The van der Waals surface area contributed by atoms with Crippen LogP contribution < -0.4 is 11.1 Å². The summed E-state index contributed by atoms with van der Waals surface area (Å²) in [6, 6.07) is 22.4. The van der Waals surface area contributed by atoms with Gasteiger partial charge >= 0.3 is 0 Å². The van der Waals surface area contributed by atoms with Crippen molar-refractivity contribution < 1.29 is 0 Å². The molecule has 1 fully saturated rings. The minimum Gasteiger partial charge on any atom is -0.330 e. The summed E-state index contributed by atoms with van der Waals surface area (Å²) in [6.45, 7) is 3.88. The zero-order chi connectivity index (χ0) is 15.2. The lowest BCUT2D eigenvalue weighted by Gasteiger charge is -2.39. The molecule has 2 aromatic carbocycles. The van der Waals surface area contributed by atoms with Crippen molar-refractivity contribution in [3.8, 4) is 0 Å². The molecule has 116 valence electrons. The molecule has 2 aromatic rings. The molecule has 1 aliphatic rings. The first-order valence-corrected chi connectivity index (χ1v) is 8.16. The van der Waals surface area contributed by atoms with Crippen LogP contribution in [0.1, 0.15) is 23.6 Å². The third-order valence-electron chi connectivity index (χ3n) is 4.40. The van der Waals surface area contributed by atoms with Crippen molar-refractivity contribution in [3.05, 3.63) is 71.8 Å². The molecule has 0 aromatic heterocycles. The van der Waals surface area contributed by atoms with Gasteiger partial charge in [0.25, 0.3) is 0 Å². The van der Waals surface area contributed by atoms with Gasteiger partial charge in [0.1, 0.15) is 0 Å². The minimum atomic E-state index is 0.324. The van der Waals surface area contributed by atoms with Gasteiger partial charge in [-0.15, -0.1) is 0 Å². The number of piperazine rings is 1. The quantitative estimate of drug-likeness (QED) is 0.890. The number of nitrogens with zero attached hydrogens (tertiary/aromatic N) is 1. The normalized spacial score (nSPS) is 19.5. The van der Waals surface area contributed by atoms with Gasteiger partial charge in [-0.2, -0.15) is 0 Å². The van der Waals surface area contributed by atoms with Gasteiger partial charge in [-0.25, -0.2) is 0 Å². The lowest BCUT2D eigenvalue weighted by molar-refractivity contribution is 0.160. The maximum atomic E-state index is 5.74. The van der Waals surface area contributed by atoms with Gasteiger partial charge in [0.05, 0.1) is 6.04 Å². The number of benzene rings is 2. The Bertz CT molecular complexity index is 514. The van der Waals surface area contributed by atoms with E-state index in [9.17, 15) is 0 Å². The van der Waals surface area contributed by atoms with E-state index in [2.05, 4.69) is 70.9 Å². The van der Waals surface area contributed by atoms with E-state index in [0.29, 0.717) is 12.1 Å². The average Bonchev–Trinajstić information content (AvgIpc) is 2.58. The molecule has 0 radical (unpaired) electrons. The Morgan fingerprint density at radius 1 is 1.00 bits per heavy atom. The molecular formula is C19H25N3. The number of hydrogen-bond acceptors (Lipinski definition) is 3. The van der Waals surface area contributed by atoms with Crippen LogP contribution in [0.4, 0.5) is 0 Å². The number of rotatable bonds is 5. The van der Waals surface area contributed by atoms with Gasteiger partial charge in [0.15, 0.2) is 0 Å². The molecule has 1 saturated heterocycles.